The van der Waals surface area contributed by atoms with Crippen molar-refractivity contribution in [1.82, 2.24) is 10.2 Å². The van der Waals surface area contributed by atoms with E-state index in [0.29, 0.717) is 30.7 Å². The van der Waals surface area contributed by atoms with Crippen LogP contribution in [0.1, 0.15) is 25.1 Å². The summed E-state index contributed by atoms with van der Waals surface area (Å²) in [6.45, 7) is 2.84. The average Bonchev–Trinajstić information content (AvgIpc) is 2.93. The topological polar surface area (TPSA) is 57.4 Å². The van der Waals surface area contributed by atoms with E-state index in [1.807, 2.05) is 31.2 Å². The molecule has 0 saturated carbocycles. The van der Waals surface area contributed by atoms with Crippen molar-refractivity contribution in [2.75, 3.05) is 12.5 Å². The van der Waals surface area contributed by atoms with Gasteiger partial charge in [-0.15, -0.1) is 21.8 Å². The molecule has 0 radical (unpaired) electrons. The van der Waals surface area contributed by atoms with Crippen molar-refractivity contribution in [3.05, 3.63) is 36.0 Å². The lowest BCUT2D eigenvalue weighted by atomic mass is 10.3. The number of aromatic nitrogens is 2. The van der Waals surface area contributed by atoms with Crippen LogP contribution in [0.4, 0.5) is 0 Å². The van der Waals surface area contributed by atoms with Gasteiger partial charge in [-0.1, -0.05) is 0 Å². The lowest BCUT2D eigenvalue weighted by Crippen LogP contribution is -1.96. The normalized spacial score (nSPS) is 10.5. The van der Waals surface area contributed by atoms with Gasteiger partial charge >= 0.3 is 0 Å². The molecule has 2 aromatic rings. The van der Waals surface area contributed by atoms with Gasteiger partial charge in [0.05, 0.1) is 6.61 Å². The molecule has 0 spiro atoms. The zero-order chi connectivity index (χ0) is 14.2. The molecule has 1 heterocycles. The molecule has 1 aromatic carbocycles. The highest BCUT2D eigenvalue weighted by Crippen LogP contribution is 2.18. The zero-order valence-corrected chi connectivity index (χ0v) is 12.1. The van der Waals surface area contributed by atoms with Gasteiger partial charge in [-0.2, -0.15) is 0 Å². The minimum atomic E-state index is 0.252. The van der Waals surface area contributed by atoms with Crippen LogP contribution in [0.3, 0.4) is 0 Å². The van der Waals surface area contributed by atoms with Crippen LogP contribution >= 0.6 is 11.6 Å². The Morgan fingerprint density at radius 1 is 1.05 bits per heavy atom. The Morgan fingerprint density at radius 3 is 2.35 bits per heavy atom. The van der Waals surface area contributed by atoms with E-state index in [4.69, 9.17) is 25.5 Å². The van der Waals surface area contributed by atoms with Crippen LogP contribution in [0.15, 0.2) is 28.7 Å². The highest BCUT2D eigenvalue weighted by molar-refractivity contribution is 6.17. The van der Waals surface area contributed by atoms with Gasteiger partial charge < -0.3 is 13.9 Å². The number of rotatable bonds is 8. The van der Waals surface area contributed by atoms with Gasteiger partial charge in [-0.3, -0.25) is 0 Å². The van der Waals surface area contributed by atoms with Gasteiger partial charge in [0.1, 0.15) is 11.5 Å². The second kappa shape index (κ2) is 7.75. The summed E-state index contributed by atoms with van der Waals surface area (Å²) in [5.41, 5.74) is 0. The van der Waals surface area contributed by atoms with Gasteiger partial charge in [0.2, 0.25) is 5.89 Å². The number of hydrogen-bond donors (Lipinski definition) is 0. The van der Waals surface area contributed by atoms with Gasteiger partial charge in [-0.05, 0) is 37.6 Å². The third-order valence-corrected chi connectivity index (χ3v) is 2.80. The molecule has 0 amide bonds. The van der Waals surface area contributed by atoms with Crippen LogP contribution in [-0.4, -0.2) is 22.7 Å². The molecule has 20 heavy (non-hydrogen) atoms. The number of alkyl halides is 1. The summed E-state index contributed by atoms with van der Waals surface area (Å²) in [6.07, 6.45) is 1.52. The monoisotopic (exact) mass is 296 g/mol. The van der Waals surface area contributed by atoms with Crippen LogP contribution in [0.5, 0.6) is 11.5 Å². The molecule has 2 rings (SSSR count). The minimum Gasteiger partial charge on any atom is -0.494 e. The van der Waals surface area contributed by atoms with Crippen LogP contribution in [0.25, 0.3) is 0 Å². The molecule has 0 saturated heterocycles. The predicted octanol–water partition coefficient (Wildman–Crippen LogP) is 3.22. The van der Waals surface area contributed by atoms with Crippen molar-refractivity contribution in [2.24, 2.45) is 0 Å². The molecule has 0 aliphatic rings. The summed E-state index contributed by atoms with van der Waals surface area (Å²) in [4.78, 5) is 0. The lowest BCUT2D eigenvalue weighted by Gasteiger charge is -2.05. The molecule has 0 bridgehead atoms. The molecule has 1 aromatic heterocycles. The van der Waals surface area contributed by atoms with Crippen molar-refractivity contribution in [3.8, 4) is 11.5 Å². The molecule has 0 aliphatic heterocycles. The van der Waals surface area contributed by atoms with Crippen molar-refractivity contribution in [1.29, 1.82) is 0 Å². The third kappa shape index (κ3) is 4.42. The molecule has 6 heteroatoms. The summed E-state index contributed by atoms with van der Waals surface area (Å²) < 4.78 is 16.4. The number of aryl methyl sites for hydroxylation is 1. The Bertz CT molecular complexity index is 513. The van der Waals surface area contributed by atoms with E-state index in [0.717, 1.165) is 17.9 Å². The summed E-state index contributed by atoms with van der Waals surface area (Å²) >= 11 is 5.61. The van der Waals surface area contributed by atoms with Crippen LogP contribution in [0, 0.1) is 0 Å². The van der Waals surface area contributed by atoms with E-state index in [1.165, 1.54) is 0 Å². The predicted molar refractivity (Wildman–Crippen MR) is 75.3 cm³/mol. The number of hydrogen-bond acceptors (Lipinski definition) is 5. The largest absolute Gasteiger partial charge is 0.494 e. The van der Waals surface area contributed by atoms with Crippen LogP contribution in [0.2, 0.25) is 0 Å². The average molecular weight is 297 g/mol. The van der Waals surface area contributed by atoms with Crippen LogP contribution < -0.4 is 9.47 Å². The van der Waals surface area contributed by atoms with Gasteiger partial charge in [0.15, 0.2) is 6.61 Å². The molecule has 0 fully saturated rings. The number of halogens is 1. The Labute approximate surface area is 122 Å². The first kappa shape index (κ1) is 14.7. The van der Waals surface area contributed by atoms with Crippen LogP contribution in [-0.2, 0) is 13.0 Å². The molecular formula is C14H17ClN2O3. The van der Waals surface area contributed by atoms with E-state index in [9.17, 15) is 0 Å². The SMILES string of the molecule is CCOc1ccc(OCc2nnc(CCCCl)o2)cc1. The minimum absolute atomic E-state index is 0.252. The highest BCUT2D eigenvalue weighted by Gasteiger charge is 2.06. The molecule has 5 nitrogen and oxygen atoms in total. The number of benzene rings is 1. The number of nitrogens with zero attached hydrogens (tertiary/aromatic N) is 2. The van der Waals surface area contributed by atoms with E-state index in [2.05, 4.69) is 10.2 Å². The molecule has 0 atom stereocenters. The third-order valence-electron chi connectivity index (χ3n) is 2.53. The Balaban J connectivity index is 1.83. The van der Waals surface area contributed by atoms with E-state index in [1.54, 1.807) is 0 Å². The molecule has 0 aliphatic carbocycles. The summed E-state index contributed by atoms with van der Waals surface area (Å²) in [7, 11) is 0. The first-order chi connectivity index (χ1) is 9.81. The fraction of sp³-hybridized carbons (Fsp3) is 0.429. The van der Waals surface area contributed by atoms with Crippen molar-refractivity contribution in [3.63, 3.8) is 0 Å². The van der Waals surface area contributed by atoms with Gasteiger partial charge in [-0.25, -0.2) is 0 Å². The van der Waals surface area contributed by atoms with Crippen molar-refractivity contribution in [2.45, 2.75) is 26.4 Å². The fourth-order valence-electron chi connectivity index (χ4n) is 1.61. The Hall–Kier alpha value is -1.75. The second-order valence-electron chi connectivity index (χ2n) is 4.08. The van der Waals surface area contributed by atoms with Gasteiger partial charge in [0.25, 0.3) is 5.89 Å². The molecule has 108 valence electrons. The van der Waals surface area contributed by atoms with E-state index in [-0.39, 0.29) is 6.61 Å². The fourth-order valence-corrected chi connectivity index (χ4v) is 1.74. The second-order valence-corrected chi connectivity index (χ2v) is 4.45. The smallest absolute Gasteiger partial charge is 0.253 e. The van der Waals surface area contributed by atoms with Gasteiger partial charge in [0, 0.05) is 12.3 Å². The van der Waals surface area contributed by atoms with Crippen molar-refractivity contribution >= 4 is 11.6 Å². The summed E-state index contributed by atoms with van der Waals surface area (Å²) in [5, 5.41) is 7.85. The maximum absolute atomic E-state index is 5.61. The maximum Gasteiger partial charge on any atom is 0.253 e. The number of ether oxygens (including phenoxy) is 2. The van der Waals surface area contributed by atoms with E-state index >= 15 is 0 Å². The van der Waals surface area contributed by atoms with Crippen molar-refractivity contribution < 1.29 is 13.9 Å². The standard InChI is InChI=1S/C14H17ClN2O3/c1-2-18-11-5-7-12(8-6-11)19-10-14-17-16-13(20-14)4-3-9-15/h5-8H,2-4,9-10H2,1H3. The first-order valence-corrected chi connectivity index (χ1v) is 7.08. The summed E-state index contributed by atoms with van der Waals surface area (Å²) in [6, 6.07) is 7.41. The molecule has 0 unspecified atom stereocenters. The Morgan fingerprint density at radius 2 is 1.70 bits per heavy atom. The molecule has 0 N–H and O–H groups in total. The Kier molecular flexibility index (Phi) is 5.68. The zero-order valence-electron chi connectivity index (χ0n) is 11.3. The van der Waals surface area contributed by atoms with E-state index < -0.39 is 0 Å². The maximum atomic E-state index is 5.61. The first-order valence-electron chi connectivity index (χ1n) is 6.54. The highest BCUT2D eigenvalue weighted by atomic mass is 35.5. The summed E-state index contributed by atoms with van der Waals surface area (Å²) in [5.74, 6) is 3.19. The quantitative estimate of drug-likeness (QED) is 0.700. The molecular weight excluding hydrogens is 280 g/mol. The lowest BCUT2D eigenvalue weighted by molar-refractivity contribution is 0.258.